The van der Waals surface area contributed by atoms with Crippen molar-refractivity contribution in [3.05, 3.63) is 35.6 Å². The summed E-state index contributed by atoms with van der Waals surface area (Å²) in [6, 6.07) is 6.70. The third-order valence-electron chi connectivity index (χ3n) is 3.20. The second-order valence-electron chi connectivity index (χ2n) is 4.85. The van der Waals surface area contributed by atoms with E-state index in [4.69, 9.17) is 4.74 Å². The van der Waals surface area contributed by atoms with E-state index in [-0.39, 0.29) is 5.82 Å². The molecule has 0 aliphatic carbocycles. The Labute approximate surface area is 108 Å². The Morgan fingerprint density at radius 1 is 1.39 bits per heavy atom. The third-order valence-corrected chi connectivity index (χ3v) is 3.20. The van der Waals surface area contributed by atoms with Crippen LogP contribution >= 0.6 is 0 Å². The summed E-state index contributed by atoms with van der Waals surface area (Å²) in [7, 11) is 2.08. The summed E-state index contributed by atoms with van der Waals surface area (Å²) in [5.41, 5.74) is 1.14. The van der Waals surface area contributed by atoms with Gasteiger partial charge in [-0.15, -0.1) is 0 Å². The monoisotopic (exact) mass is 252 g/mol. The fourth-order valence-corrected chi connectivity index (χ4v) is 2.15. The van der Waals surface area contributed by atoms with Gasteiger partial charge in [-0.05, 0) is 31.2 Å². The standard InChI is InChI=1S/C14H21FN2O/c1-17(8-6-14-10-16-7-9-18-14)11-12-2-4-13(15)5-3-12/h2-5,14,16H,6-11H2,1H3. The number of ether oxygens (including phenoxy) is 1. The van der Waals surface area contributed by atoms with Gasteiger partial charge in [0.15, 0.2) is 0 Å². The van der Waals surface area contributed by atoms with Crippen molar-refractivity contribution in [3.8, 4) is 0 Å². The van der Waals surface area contributed by atoms with Crippen LogP contribution in [-0.4, -0.2) is 44.3 Å². The maximum Gasteiger partial charge on any atom is 0.123 e. The van der Waals surface area contributed by atoms with Crippen LogP contribution in [-0.2, 0) is 11.3 Å². The lowest BCUT2D eigenvalue weighted by molar-refractivity contribution is 0.0184. The van der Waals surface area contributed by atoms with Crippen LogP contribution in [0.25, 0.3) is 0 Å². The van der Waals surface area contributed by atoms with E-state index in [2.05, 4.69) is 17.3 Å². The highest BCUT2D eigenvalue weighted by Gasteiger charge is 2.13. The topological polar surface area (TPSA) is 24.5 Å². The lowest BCUT2D eigenvalue weighted by Gasteiger charge is -2.25. The first kappa shape index (κ1) is 13.5. The highest BCUT2D eigenvalue weighted by atomic mass is 19.1. The van der Waals surface area contributed by atoms with Gasteiger partial charge in [0.2, 0.25) is 0 Å². The minimum Gasteiger partial charge on any atom is -0.376 e. The molecular weight excluding hydrogens is 231 g/mol. The Balaban J connectivity index is 1.71. The molecule has 1 heterocycles. The number of hydrogen-bond donors (Lipinski definition) is 1. The average molecular weight is 252 g/mol. The quantitative estimate of drug-likeness (QED) is 0.862. The molecule has 0 radical (unpaired) electrons. The molecule has 3 nitrogen and oxygen atoms in total. The van der Waals surface area contributed by atoms with E-state index >= 15 is 0 Å². The van der Waals surface area contributed by atoms with Crippen molar-refractivity contribution in [2.45, 2.75) is 19.1 Å². The minimum atomic E-state index is -0.178. The number of nitrogens with zero attached hydrogens (tertiary/aromatic N) is 1. The van der Waals surface area contributed by atoms with Crippen LogP contribution in [0.2, 0.25) is 0 Å². The van der Waals surface area contributed by atoms with Crippen molar-refractivity contribution in [1.82, 2.24) is 10.2 Å². The van der Waals surface area contributed by atoms with Crippen LogP contribution < -0.4 is 5.32 Å². The van der Waals surface area contributed by atoms with Crippen LogP contribution in [0.3, 0.4) is 0 Å². The summed E-state index contributed by atoms with van der Waals surface area (Å²) < 4.78 is 18.4. The van der Waals surface area contributed by atoms with Crippen molar-refractivity contribution in [2.75, 3.05) is 33.3 Å². The summed E-state index contributed by atoms with van der Waals surface area (Å²) >= 11 is 0. The zero-order valence-electron chi connectivity index (χ0n) is 10.9. The summed E-state index contributed by atoms with van der Waals surface area (Å²) in [6.07, 6.45) is 1.36. The summed E-state index contributed by atoms with van der Waals surface area (Å²) in [4.78, 5) is 2.24. The number of rotatable bonds is 5. The molecule has 0 spiro atoms. The Kier molecular flexibility index (Phi) is 5.11. The van der Waals surface area contributed by atoms with Crippen LogP contribution in [0.5, 0.6) is 0 Å². The predicted octanol–water partition coefficient (Wildman–Crippen LogP) is 1.64. The van der Waals surface area contributed by atoms with Crippen molar-refractivity contribution in [2.24, 2.45) is 0 Å². The van der Waals surface area contributed by atoms with Crippen molar-refractivity contribution < 1.29 is 9.13 Å². The van der Waals surface area contributed by atoms with Crippen molar-refractivity contribution in [3.63, 3.8) is 0 Å². The van der Waals surface area contributed by atoms with Gasteiger partial charge in [-0.3, -0.25) is 0 Å². The van der Waals surface area contributed by atoms with E-state index in [0.717, 1.165) is 44.8 Å². The van der Waals surface area contributed by atoms with E-state index < -0.39 is 0 Å². The molecule has 18 heavy (non-hydrogen) atoms. The van der Waals surface area contributed by atoms with Gasteiger partial charge in [-0.25, -0.2) is 4.39 Å². The first-order chi connectivity index (χ1) is 8.74. The Morgan fingerprint density at radius 3 is 2.83 bits per heavy atom. The van der Waals surface area contributed by atoms with E-state index in [1.54, 1.807) is 0 Å². The molecule has 0 amide bonds. The number of hydrogen-bond acceptors (Lipinski definition) is 3. The van der Waals surface area contributed by atoms with Gasteiger partial charge >= 0.3 is 0 Å². The molecule has 1 unspecified atom stereocenters. The fourth-order valence-electron chi connectivity index (χ4n) is 2.15. The zero-order chi connectivity index (χ0) is 12.8. The van der Waals surface area contributed by atoms with E-state index in [9.17, 15) is 4.39 Å². The summed E-state index contributed by atoms with van der Waals surface area (Å²) in [6.45, 7) is 4.56. The maximum absolute atomic E-state index is 12.8. The highest BCUT2D eigenvalue weighted by molar-refractivity contribution is 5.15. The van der Waals surface area contributed by atoms with Crippen LogP contribution in [0.1, 0.15) is 12.0 Å². The normalized spacial score (nSPS) is 20.3. The van der Waals surface area contributed by atoms with Gasteiger partial charge < -0.3 is 15.0 Å². The molecule has 1 fully saturated rings. The number of benzene rings is 1. The minimum absolute atomic E-state index is 0.178. The average Bonchev–Trinajstić information content (AvgIpc) is 2.40. The molecule has 1 aliphatic rings. The molecule has 1 atom stereocenters. The lowest BCUT2D eigenvalue weighted by Crippen LogP contribution is -2.40. The largest absolute Gasteiger partial charge is 0.376 e. The molecular formula is C14H21FN2O. The third kappa shape index (κ3) is 4.37. The van der Waals surface area contributed by atoms with E-state index in [0.29, 0.717) is 6.10 Å². The second kappa shape index (κ2) is 6.83. The summed E-state index contributed by atoms with van der Waals surface area (Å²) in [5, 5.41) is 3.33. The smallest absolute Gasteiger partial charge is 0.123 e. The predicted molar refractivity (Wildman–Crippen MR) is 70.0 cm³/mol. The van der Waals surface area contributed by atoms with Gasteiger partial charge in [0.1, 0.15) is 5.82 Å². The molecule has 4 heteroatoms. The fraction of sp³-hybridized carbons (Fsp3) is 0.571. The maximum atomic E-state index is 12.8. The lowest BCUT2D eigenvalue weighted by atomic mass is 10.2. The van der Waals surface area contributed by atoms with Crippen LogP contribution in [0, 0.1) is 5.82 Å². The highest BCUT2D eigenvalue weighted by Crippen LogP contribution is 2.07. The molecule has 1 aromatic rings. The first-order valence-electron chi connectivity index (χ1n) is 6.49. The number of morpholine rings is 1. The van der Waals surface area contributed by atoms with E-state index in [1.807, 2.05) is 12.1 Å². The van der Waals surface area contributed by atoms with Crippen molar-refractivity contribution >= 4 is 0 Å². The van der Waals surface area contributed by atoms with Gasteiger partial charge in [0, 0.05) is 26.2 Å². The zero-order valence-corrected chi connectivity index (χ0v) is 10.9. The molecule has 1 aliphatic heterocycles. The molecule has 0 bridgehead atoms. The molecule has 2 rings (SSSR count). The molecule has 1 aromatic carbocycles. The number of nitrogens with one attached hydrogen (secondary N) is 1. The number of halogens is 1. The Bertz CT molecular complexity index is 349. The molecule has 1 saturated heterocycles. The van der Waals surface area contributed by atoms with Crippen LogP contribution in [0.15, 0.2) is 24.3 Å². The SMILES string of the molecule is CN(CCC1CNCCO1)Cc1ccc(F)cc1. The molecule has 100 valence electrons. The van der Waals surface area contributed by atoms with Crippen molar-refractivity contribution in [1.29, 1.82) is 0 Å². The van der Waals surface area contributed by atoms with Crippen LogP contribution in [0.4, 0.5) is 4.39 Å². The van der Waals surface area contributed by atoms with E-state index in [1.165, 1.54) is 12.1 Å². The molecule has 1 N–H and O–H groups in total. The molecule has 0 aromatic heterocycles. The second-order valence-corrected chi connectivity index (χ2v) is 4.85. The van der Waals surface area contributed by atoms with Gasteiger partial charge in [-0.2, -0.15) is 0 Å². The Morgan fingerprint density at radius 2 is 2.17 bits per heavy atom. The molecule has 0 saturated carbocycles. The first-order valence-corrected chi connectivity index (χ1v) is 6.49. The van der Waals surface area contributed by atoms with Gasteiger partial charge in [0.05, 0.1) is 12.7 Å². The van der Waals surface area contributed by atoms with Gasteiger partial charge in [-0.1, -0.05) is 12.1 Å². The Hall–Kier alpha value is -0.970. The van der Waals surface area contributed by atoms with Gasteiger partial charge in [0.25, 0.3) is 0 Å². The summed E-state index contributed by atoms with van der Waals surface area (Å²) in [5.74, 6) is -0.178.